The van der Waals surface area contributed by atoms with Crippen LogP contribution < -0.4 is 10.1 Å². The normalized spacial score (nSPS) is 14.2. The first kappa shape index (κ1) is 19.2. The molecule has 0 unspecified atom stereocenters. The number of carbonyl (C=O) groups is 2. The summed E-state index contributed by atoms with van der Waals surface area (Å²) in [6.45, 7) is 8.87. The predicted octanol–water partition coefficient (Wildman–Crippen LogP) is 1.76. The highest BCUT2D eigenvalue weighted by molar-refractivity contribution is 5.94. The molecule has 0 aliphatic carbocycles. The topological polar surface area (TPSA) is 61.9 Å². The number of piperazine rings is 1. The highest BCUT2D eigenvalue weighted by Gasteiger charge is 2.20. The lowest BCUT2D eigenvalue weighted by Crippen LogP contribution is -2.47. The molecule has 1 aromatic carbocycles. The maximum absolute atomic E-state index is 12.7. The van der Waals surface area contributed by atoms with Crippen LogP contribution in [-0.4, -0.2) is 67.5 Å². The van der Waals surface area contributed by atoms with Crippen molar-refractivity contribution >= 4 is 11.8 Å². The van der Waals surface area contributed by atoms with E-state index in [1.165, 1.54) is 0 Å². The van der Waals surface area contributed by atoms with Gasteiger partial charge in [-0.2, -0.15) is 0 Å². The molecule has 1 aliphatic rings. The SMILES string of the molecule is CCCN(CCC(=O)N1CCNCC1)C(=O)c1ccc(OCC)cc1. The maximum Gasteiger partial charge on any atom is 0.253 e. The van der Waals surface area contributed by atoms with Crippen molar-refractivity contribution in [3.05, 3.63) is 29.8 Å². The molecule has 0 aromatic heterocycles. The van der Waals surface area contributed by atoms with Crippen molar-refractivity contribution < 1.29 is 14.3 Å². The van der Waals surface area contributed by atoms with Crippen LogP contribution in [-0.2, 0) is 4.79 Å². The van der Waals surface area contributed by atoms with E-state index in [2.05, 4.69) is 5.32 Å². The molecule has 0 spiro atoms. The summed E-state index contributed by atoms with van der Waals surface area (Å²) in [7, 11) is 0. The molecule has 2 amide bonds. The summed E-state index contributed by atoms with van der Waals surface area (Å²) in [5.41, 5.74) is 0.631. The van der Waals surface area contributed by atoms with Gasteiger partial charge in [0.15, 0.2) is 0 Å². The average Bonchev–Trinajstić information content (AvgIpc) is 2.66. The van der Waals surface area contributed by atoms with Crippen LogP contribution in [0.3, 0.4) is 0 Å². The van der Waals surface area contributed by atoms with E-state index in [1.807, 2.05) is 30.9 Å². The van der Waals surface area contributed by atoms with Gasteiger partial charge < -0.3 is 19.9 Å². The van der Waals surface area contributed by atoms with Gasteiger partial charge in [0.1, 0.15) is 5.75 Å². The van der Waals surface area contributed by atoms with Crippen LogP contribution in [0, 0.1) is 0 Å². The van der Waals surface area contributed by atoms with Gasteiger partial charge in [0.25, 0.3) is 5.91 Å². The number of nitrogens with zero attached hydrogens (tertiary/aromatic N) is 2. The third kappa shape index (κ3) is 5.74. The van der Waals surface area contributed by atoms with E-state index >= 15 is 0 Å². The zero-order chi connectivity index (χ0) is 18.1. The molecule has 25 heavy (non-hydrogen) atoms. The van der Waals surface area contributed by atoms with Gasteiger partial charge >= 0.3 is 0 Å². The molecule has 6 heteroatoms. The Hall–Kier alpha value is -2.08. The molecular formula is C19H29N3O3. The van der Waals surface area contributed by atoms with E-state index in [0.717, 1.165) is 38.3 Å². The number of benzene rings is 1. The van der Waals surface area contributed by atoms with Gasteiger partial charge in [-0.05, 0) is 37.6 Å². The molecule has 138 valence electrons. The molecule has 0 radical (unpaired) electrons. The van der Waals surface area contributed by atoms with Gasteiger partial charge in [0, 0.05) is 51.3 Å². The summed E-state index contributed by atoms with van der Waals surface area (Å²) in [5, 5.41) is 3.24. The summed E-state index contributed by atoms with van der Waals surface area (Å²) >= 11 is 0. The quantitative estimate of drug-likeness (QED) is 0.778. The summed E-state index contributed by atoms with van der Waals surface area (Å²) in [6, 6.07) is 7.20. The minimum absolute atomic E-state index is 0.0296. The lowest BCUT2D eigenvalue weighted by atomic mass is 10.1. The fourth-order valence-corrected chi connectivity index (χ4v) is 2.93. The van der Waals surface area contributed by atoms with Gasteiger partial charge in [0.2, 0.25) is 5.91 Å². The Kier molecular flexibility index (Phi) is 7.73. The Labute approximate surface area is 150 Å². The van der Waals surface area contributed by atoms with Gasteiger partial charge in [-0.3, -0.25) is 9.59 Å². The summed E-state index contributed by atoms with van der Waals surface area (Å²) in [5.74, 6) is 0.857. The zero-order valence-corrected chi connectivity index (χ0v) is 15.3. The van der Waals surface area contributed by atoms with E-state index in [-0.39, 0.29) is 11.8 Å². The standard InChI is InChI=1S/C19H29N3O3/c1-3-12-22(13-9-18(23)21-14-10-20-11-15-21)19(24)16-5-7-17(8-6-16)25-4-2/h5-8,20H,3-4,9-15H2,1-2H3. The van der Waals surface area contributed by atoms with Gasteiger partial charge in [-0.15, -0.1) is 0 Å². The van der Waals surface area contributed by atoms with E-state index in [1.54, 1.807) is 17.0 Å². The Balaban J connectivity index is 1.93. The fraction of sp³-hybridized carbons (Fsp3) is 0.579. The first-order valence-electron chi connectivity index (χ1n) is 9.16. The molecule has 1 saturated heterocycles. The van der Waals surface area contributed by atoms with E-state index in [0.29, 0.717) is 31.7 Å². The molecule has 0 bridgehead atoms. The molecule has 1 aliphatic heterocycles. The molecule has 0 saturated carbocycles. The number of ether oxygens (including phenoxy) is 1. The van der Waals surface area contributed by atoms with E-state index in [4.69, 9.17) is 4.74 Å². The minimum Gasteiger partial charge on any atom is -0.494 e. The Morgan fingerprint density at radius 3 is 2.40 bits per heavy atom. The van der Waals surface area contributed by atoms with Crippen LogP contribution in [0.5, 0.6) is 5.75 Å². The molecule has 6 nitrogen and oxygen atoms in total. The zero-order valence-electron chi connectivity index (χ0n) is 15.3. The molecular weight excluding hydrogens is 318 g/mol. The van der Waals surface area contributed by atoms with E-state index in [9.17, 15) is 9.59 Å². The Morgan fingerprint density at radius 2 is 1.80 bits per heavy atom. The molecule has 1 N–H and O–H groups in total. The van der Waals surface area contributed by atoms with E-state index < -0.39 is 0 Å². The van der Waals surface area contributed by atoms with Crippen molar-refractivity contribution in [2.75, 3.05) is 45.9 Å². The number of nitrogens with one attached hydrogen (secondary N) is 1. The molecule has 1 fully saturated rings. The summed E-state index contributed by atoms with van der Waals surface area (Å²) < 4.78 is 5.41. The first-order chi connectivity index (χ1) is 12.2. The number of rotatable bonds is 8. The molecule has 0 atom stereocenters. The Bertz CT molecular complexity index is 554. The second-order valence-electron chi connectivity index (χ2n) is 6.13. The van der Waals surface area contributed by atoms with Crippen LogP contribution >= 0.6 is 0 Å². The number of hydrogen-bond donors (Lipinski definition) is 1. The van der Waals surface area contributed by atoms with Crippen molar-refractivity contribution in [3.63, 3.8) is 0 Å². The second-order valence-corrected chi connectivity index (χ2v) is 6.13. The van der Waals surface area contributed by atoms with Crippen LogP contribution in [0.4, 0.5) is 0 Å². The predicted molar refractivity (Wildman–Crippen MR) is 97.9 cm³/mol. The molecule has 1 heterocycles. The van der Waals surface area contributed by atoms with Gasteiger partial charge in [-0.1, -0.05) is 6.92 Å². The summed E-state index contributed by atoms with van der Waals surface area (Å²) in [6.07, 6.45) is 1.24. The fourth-order valence-electron chi connectivity index (χ4n) is 2.93. The van der Waals surface area contributed by atoms with Gasteiger partial charge in [0.05, 0.1) is 6.61 Å². The van der Waals surface area contributed by atoms with Crippen molar-refractivity contribution in [2.45, 2.75) is 26.7 Å². The number of amides is 2. The second kappa shape index (κ2) is 10.0. The van der Waals surface area contributed by atoms with Crippen molar-refractivity contribution in [2.24, 2.45) is 0 Å². The molecule has 1 aromatic rings. The minimum atomic E-state index is -0.0296. The lowest BCUT2D eigenvalue weighted by molar-refractivity contribution is -0.131. The van der Waals surface area contributed by atoms with Crippen molar-refractivity contribution in [3.8, 4) is 5.75 Å². The third-order valence-corrected chi connectivity index (χ3v) is 4.26. The first-order valence-corrected chi connectivity index (χ1v) is 9.16. The monoisotopic (exact) mass is 347 g/mol. The van der Waals surface area contributed by atoms with Gasteiger partial charge in [-0.25, -0.2) is 0 Å². The third-order valence-electron chi connectivity index (χ3n) is 4.26. The highest BCUT2D eigenvalue weighted by atomic mass is 16.5. The van der Waals surface area contributed by atoms with Crippen molar-refractivity contribution in [1.82, 2.24) is 15.1 Å². The Morgan fingerprint density at radius 1 is 1.12 bits per heavy atom. The van der Waals surface area contributed by atoms with Crippen LogP contribution in [0.15, 0.2) is 24.3 Å². The average molecular weight is 347 g/mol. The smallest absolute Gasteiger partial charge is 0.253 e. The lowest BCUT2D eigenvalue weighted by Gasteiger charge is -2.29. The summed E-state index contributed by atoms with van der Waals surface area (Å²) in [4.78, 5) is 28.7. The van der Waals surface area contributed by atoms with Crippen LogP contribution in [0.25, 0.3) is 0 Å². The molecule has 2 rings (SSSR count). The maximum atomic E-state index is 12.7. The number of hydrogen-bond acceptors (Lipinski definition) is 4. The van der Waals surface area contributed by atoms with Crippen molar-refractivity contribution in [1.29, 1.82) is 0 Å². The van der Waals surface area contributed by atoms with Crippen LogP contribution in [0.1, 0.15) is 37.0 Å². The largest absolute Gasteiger partial charge is 0.494 e. The van der Waals surface area contributed by atoms with Crippen LogP contribution in [0.2, 0.25) is 0 Å². The number of carbonyl (C=O) groups excluding carboxylic acids is 2. The highest BCUT2D eigenvalue weighted by Crippen LogP contribution is 2.14.